The van der Waals surface area contributed by atoms with Gasteiger partial charge >= 0.3 is 0 Å². The van der Waals surface area contributed by atoms with Crippen molar-refractivity contribution in [1.82, 2.24) is 14.5 Å². The summed E-state index contributed by atoms with van der Waals surface area (Å²) in [5.41, 5.74) is 1.60. The molecule has 7 heteroatoms. The summed E-state index contributed by atoms with van der Waals surface area (Å²) >= 11 is 7.47. The van der Waals surface area contributed by atoms with Gasteiger partial charge in [0.25, 0.3) is 5.56 Å². The van der Waals surface area contributed by atoms with Crippen molar-refractivity contribution >= 4 is 39.1 Å². The molecule has 0 aliphatic heterocycles. The Hall–Kier alpha value is -2.18. The van der Waals surface area contributed by atoms with Crippen molar-refractivity contribution in [1.29, 1.82) is 0 Å². The van der Waals surface area contributed by atoms with Crippen LogP contribution in [0.3, 0.4) is 0 Å². The molecule has 1 amide bonds. The van der Waals surface area contributed by atoms with Gasteiger partial charge in [-0.1, -0.05) is 23.7 Å². The fraction of sp³-hybridized carbons (Fsp3) is 0.316. The van der Waals surface area contributed by atoms with Gasteiger partial charge in [0.2, 0.25) is 5.91 Å². The molecule has 0 N–H and O–H groups in total. The Morgan fingerprint density at radius 3 is 2.50 bits per heavy atom. The smallest absolute Gasteiger partial charge is 0.263 e. The number of benzene rings is 1. The summed E-state index contributed by atoms with van der Waals surface area (Å²) in [6, 6.07) is 7.40. The van der Waals surface area contributed by atoms with E-state index in [0.29, 0.717) is 28.3 Å². The van der Waals surface area contributed by atoms with E-state index in [-0.39, 0.29) is 18.0 Å². The van der Waals surface area contributed by atoms with Gasteiger partial charge in [0.15, 0.2) is 0 Å². The van der Waals surface area contributed by atoms with Crippen molar-refractivity contribution in [2.45, 2.75) is 27.3 Å². The normalized spacial score (nSPS) is 11.1. The molecule has 136 valence electrons. The molecular formula is C19H20ClN3O2S. The minimum Gasteiger partial charge on any atom is -0.342 e. The Morgan fingerprint density at radius 2 is 1.88 bits per heavy atom. The third-order valence-electron chi connectivity index (χ3n) is 4.41. The van der Waals surface area contributed by atoms with Gasteiger partial charge in [0.1, 0.15) is 11.4 Å². The fourth-order valence-corrected chi connectivity index (χ4v) is 4.17. The van der Waals surface area contributed by atoms with Gasteiger partial charge in [-0.3, -0.25) is 14.2 Å². The minimum atomic E-state index is -0.190. The second-order valence-electron chi connectivity index (χ2n) is 5.96. The molecule has 2 aromatic heterocycles. The highest BCUT2D eigenvalue weighted by atomic mass is 35.5. The lowest BCUT2D eigenvalue weighted by Crippen LogP contribution is -2.36. The van der Waals surface area contributed by atoms with Gasteiger partial charge < -0.3 is 4.90 Å². The Morgan fingerprint density at radius 1 is 1.23 bits per heavy atom. The lowest BCUT2D eigenvalue weighted by atomic mass is 10.0. The monoisotopic (exact) mass is 389 g/mol. The molecule has 0 unspecified atom stereocenters. The maximum Gasteiger partial charge on any atom is 0.263 e. The molecule has 1 aromatic carbocycles. The predicted molar refractivity (Wildman–Crippen MR) is 107 cm³/mol. The van der Waals surface area contributed by atoms with Crippen LogP contribution < -0.4 is 5.56 Å². The quantitative estimate of drug-likeness (QED) is 0.663. The molecule has 0 atom stereocenters. The number of amides is 1. The Kier molecular flexibility index (Phi) is 5.44. The molecule has 3 rings (SSSR count). The molecular weight excluding hydrogens is 370 g/mol. The average molecular weight is 390 g/mol. The van der Waals surface area contributed by atoms with Gasteiger partial charge in [-0.25, -0.2) is 4.98 Å². The summed E-state index contributed by atoms with van der Waals surface area (Å²) < 4.78 is 1.40. The summed E-state index contributed by atoms with van der Waals surface area (Å²) in [4.78, 5) is 33.3. The Bertz CT molecular complexity index is 1000. The predicted octanol–water partition coefficient (Wildman–Crippen LogP) is 3.96. The molecule has 2 heterocycles. The zero-order chi connectivity index (χ0) is 18.8. The third-order valence-corrected chi connectivity index (χ3v) is 5.67. The number of aromatic nitrogens is 2. The first kappa shape index (κ1) is 18.6. The van der Waals surface area contributed by atoms with Crippen molar-refractivity contribution in [3.05, 3.63) is 50.8 Å². The number of halogens is 1. The van der Waals surface area contributed by atoms with Crippen LogP contribution in [-0.4, -0.2) is 33.4 Å². The van der Waals surface area contributed by atoms with E-state index in [0.717, 1.165) is 16.0 Å². The number of nitrogens with zero attached hydrogens (tertiary/aromatic N) is 3. The largest absolute Gasteiger partial charge is 0.342 e. The van der Waals surface area contributed by atoms with Crippen LogP contribution in [0.15, 0.2) is 35.4 Å². The van der Waals surface area contributed by atoms with E-state index >= 15 is 0 Å². The molecule has 0 radical (unpaired) electrons. The molecule has 0 fully saturated rings. The van der Waals surface area contributed by atoms with Crippen molar-refractivity contribution < 1.29 is 4.79 Å². The van der Waals surface area contributed by atoms with Gasteiger partial charge in [-0.05, 0) is 38.5 Å². The number of carbonyl (C=O) groups excluding carboxylic acids is 1. The van der Waals surface area contributed by atoms with E-state index in [4.69, 9.17) is 11.6 Å². The number of likely N-dealkylation sites (N-methyl/N-ethyl adjacent to an activating group) is 1. The summed E-state index contributed by atoms with van der Waals surface area (Å²) in [5.74, 6) is -0.0850. The number of aryl methyl sites for hydroxylation is 1. The van der Waals surface area contributed by atoms with Crippen LogP contribution in [-0.2, 0) is 11.3 Å². The minimum absolute atomic E-state index is 0.00158. The number of hydrogen-bond donors (Lipinski definition) is 0. The molecule has 0 saturated heterocycles. The number of rotatable bonds is 5. The second kappa shape index (κ2) is 7.60. The molecule has 0 saturated carbocycles. The zero-order valence-corrected chi connectivity index (χ0v) is 16.5. The Labute approximate surface area is 160 Å². The summed E-state index contributed by atoms with van der Waals surface area (Å²) in [6.45, 7) is 7.05. The molecule has 5 nitrogen and oxygen atoms in total. The van der Waals surface area contributed by atoms with Crippen molar-refractivity contribution in [3.8, 4) is 11.1 Å². The van der Waals surface area contributed by atoms with Crippen molar-refractivity contribution in [2.75, 3.05) is 13.1 Å². The van der Waals surface area contributed by atoms with E-state index in [1.54, 1.807) is 17.0 Å². The summed E-state index contributed by atoms with van der Waals surface area (Å²) in [7, 11) is 0. The Balaban J connectivity index is 2.11. The van der Waals surface area contributed by atoms with Crippen LogP contribution in [0.25, 0.3) is 21.3 Å². The third kappa shape index (κ3) is 3.39. The summed E-state index contributed by atoms with van der Waals surface area (Å²) in [5, 5.41) is 1.20. The topological polar surface area (TPSA) is 55.2 Å². The molecule has 26 heavy (non-hydrogen) atoms. The van der Waals surface area contributed by atoms with Crippen LogP contribution >= 0.6 is 22.9 Å². The zero-order valence-electron chi connectivity index (χ0n) is 15.0. The first-order chi connectivity index (χ1) is 12.5. The molecule has 0 aliphatic rings. The highest BCUT2D eigenvalue weighted by Gasteiger charge is 2.18. The molecule has 3 aromatic rings. The van der Waals surface area contributed by atoms with E-state index < -0.39 is 0 Å². The van der Waals surface area contributed by atoms with Gasteiger partial charge in [0, 0.05) is 28.6 Å². The second-order valence-corrected chi connectivity index (χ2v) is 7.60. The molecule has 0 bridgehead atoms. The van der Waals surface area contributed by atoms with Crippen LogP contribution in [0.5, 0.6) is 0 Å². The lowest BCUT2D eigenvalue weighted by molar-refractivity contribution is -0.131. The van der Waals surface area contributed by atoms with Gasteiger partial charge in [-0.2, -0.15) is 0 Å². The van der Waals surface area contributed by atoms with E-state index in [9.17, 15) is 9.59 Å². The van der Waals surface area contributed by atoms with Crippen LogP contribution in [0.4, 0.5) is 0 Å². The summed E-state index contributed by atoms with van der Waals surface area (Å²) in [6.07, 6.45) is 1.47. The van der Waals surface area contributed by atoms with E-state index in [1.165, 1.54) is 22.2 Å². The standard InChI is InChI=1S/C19H20ClN3O2S/c1-4-22(5-2)15(24)10-23-11-21-18-17(19(23)25)16(12(3)26-18)13-6-8-14(20)9-7-13/h6-9,11H,4-5,10H2,1-3H3. The first-order valence-corrected chi connectivity index (χ1v) is 9.67. The molecule has 0 spiro atoms. The number of thiophene rings is 1. The van der Waals surface area contributed by atoms with E-state index in [1.807, 2.05) is 32.9 Å². The van der Waals surface area contributed by atoms with Crippen molar-refractivity contribution in [2.24, 2.45) is 0 Å². The number of fused-ring (bicyclic) bond motifs is 1. The highest BCUT2D eigenvalue weighted by Crippen LogP contribution is 2.35. The average Bonchev–Trinajstić information content (AvgIpc) is 2.96. The maximum absolute atomic E-state index is 13.1. The van der Waals surface area contributed by atoms with Crippen LogP contribution in [0.2, 0.25) is 5.02 Å². The maximum atomic E-state index is 13.1. The number of carbonyl (C=O) groups is 1. The fourth-order valence-electron chi connectivity index (χ4n) is 3.04. The van der Waals surface area contributed by atoms with Crippen molar-refractivity contribution in [3.63, 3.8) is 0 Å². The van der Waals surface area contributed by atoms with Gasteiger partial charge in [-0.15, -0.1) is 11.3 Å². The highest BCUT2D eigenvalue weighted by molar-refractivity contribution is 7.19. The SMILES string of the molecule is CCN(CC)C(=O)Cn1cnc2sc(C)c(-c3ccc(Cl)cc3)c2c1=O. The number of hydrogen-bond acceptors (Lipinski definition) is 4. The lowest BCUT2D eigenvalue weighted by Gasteiger charge is -2.18. The molecule has 0 aliphatic carbocycles. The van der Waals surface area contributed by atoms with Gasteiger partial charge in [0.05, 0.1) is 11.7 Å². The van der Waals surface area contributed by atoms with Crippen LogP contribution in [0.1, 0.15) is 18.7 Å². The first-order valence-electron chi connectivity index (χ1n) is 8.48. The van der Waals surface area contributed by atoms with E-state index in [2.05, 4.69) is 4.98 Å². The van der Waals surface area contributed by atoms with Crippen LogP contribution in [0, 0.1) is 6.92 Å².